The number of aryl methyl sites for hydroxylation is 1. The van der Waals surface area contributed by atoms with Crippen molar-refractivity contribution in [3.63, 3.8) is 0 Å². The van der Waals surface area contributed by atoms with Crippen molar-refractivity contribution in [2.75, 3.05) is 6.54 Å². The highest BCUT2D eigenvalue weighted by atomic mass is 35.5. The minimum absolute atomic E-state index is 0.196. The van der Waals surface area contributed by atoms with E-state index in [9.17, 15) is 4.79 Å². The van der Waals surface area contributed by atoms with E-state index in [0.29, 0.717) is 11.6 Å². The van der Waals surface area contributed by atoms with Gasteiger partial charge in [-0.05, 0) is 42.2 Å². The topological polar surface area (TPSA) is 41.1 Å². The molecular weight excluding hydrogens is 296 g/mol. The van der Waals surface area contributed by atoms with Crippen LogP contribution in [0.4, 0.5) is 4.79 Å². The molecule has 0 aromatic heterocycles. The first kappa shape index (κ1) is 16.1. The number of hydrogen-bond donors (Lipinski definition) is 2. The van der Waals surface area contributed by atoms with Gasteiger partial charge in [0.05, 0.1) is 0 Å². The molecule has 0 atom stereocenters. The molecule has 2 N–H and O–H groups in total. The maximum absolute atomic E-state index is 11.6. The molecule has 2 aromatic carbocycles. The Kier molecular flexibility index (Phi) is 6.52. The quantitative estimate of drug-likeness (QED) is 0.769. The summed E-state index contributed by atoms with van der Waals surface area (Å²) >= 11 is 5.81. The molecule has 3 nitrogen and oxygen atoms in total. The van der Waals surface area contributed by atoms with E-state index in [4.69, 9.17) is 11.6 Å². The Morgan fingerprint density at radius 2 is 1.77 bits per heavy atom. The predicted octanol–water partition coefficient (Wildman–Crippen LogP) is 4.24. The van der Waals surface area contributed by atoms with Gasteiger partial charge in [-0.15, -0.1) is 0 Å². The van der Waals surface area contributed by atoms with E-state index < -0.39 is 0 Å². The molecule has 0 fully saturated rings. The Morgan fingerprint density at radius 3 is 2.50 bits per heavy atom. The predicted molar refractivity (Wildman–Crippen MR) is 91.8 cm³/mol. The molecule has 0 saturated carbocycles. The summed E-state index contributed by atoms with van der Waals surface area (Å²) in [5, 5.41) is 6.20. The third-order valence-electron chi connectivity index (χ3n) is 3.13. The molecule has 2 rings (SSSR count). The minimum Gasteiger partial charge on any atom is -0.338 e. The van der Waals surface area contributed by atoms with Gasteiger partial charge in [0, 0.05) is 17.8 Å². The zero-order valence-electron chi connectivity index (χ0n) is 12.3. The van der Waals surface area contributed by atoms with E-state index in [1.807, 2.05) is 48.5 Å². The van der Waals surface area contributed by atoms with E-state index >= 15 is 0 Å². The van der Waals surface area contributed by atoms with Gasteiger partial charge in [-0.25, -0.2) is 4.79 Å². The molecule has 114 valence electrons. The van der Waals surface area contributed by atoms with Crippen LogP contribution in [0.15, 0.2) is 60.8 Å². The molecule has 2 amide bonds. The lowest BCUT2D eigenvalue weighted by Crippen LogP contribution is -2.32. The van der Waals surface area contributed by atoms with Crippen molar-refractivity contribution in [1.82, 2.24) is 10.6 Å². The summed E-state index contributed by atoms with van der Waals surface area (Å²) in [6, 6.07) is 17.4. The van der Waals surface area contributed by atoms with Gasteiger partial charge < -0.3 is 10.6 Å². The fourth-order valence-electron chi connectivity index (χ4n) is 1.98. The molecule has 0 aliphatic carbocycles. The molecule has 0 aliphatic rings. The molecule has 0 saturated heterocycles. The normalized spacial score (nSPS) is 10.6. The lowest BCUT2D eigenvalue weighted by Gasteiger charge is -2.04. The van der Waals surface area contributed by atoms with Crippen molar-refractivity contribution in [3.8, 4) is 0 Å². The van der Waals surface area contributed by atoms with Crippen LogP contribution >= 0.6 is 11.6 Å². The number of carbonyl (C=O) groups excluding carboxylic acids is 1. The summed E-state index contributed by atoms with van der Waals surface area (Å²) in [5.74, 6) is 0. The van der Waals surface area contributed by atoms with Gasteiger partial charge in [0.25, 0.3) is 0 Å². The third kappa shape index (κ3) is 6.02. The van der Waals surface area contributed by atoms with Gasteiger partial charge in [-0.3, -0.25) is 0 Å². The molecule has 0 radical (unpaired) electrons. The van der Waals surface area contributed by atoms with Crippen molar-refractivity contribution >= 4 is 23.7 Å². The van der Waals surface area contributed by atoms with Crippen LogP contribution < -0.4 is 10.6 Å². The number of amides is 2. The van der Waals surface area contributed by atoms with Crippen molar-refractivity contribution in [2.45, 2.75) is 12.8 Å². The first-order valence-electron chi connectivity index (χ1n) is 7.24. The van der Waals surface area contributed by atoms with Crippen LogP contribution in [0.3, 0.4) is 0 Å². The summed E-state index contributed by atoms with van der Waals surface area (Å²) in [6.07, 6.45) is 5.32. The lowest BCUT2D eigenvalue weighted by molar-refractivity contribution is 0.244. The monoisotopic (exact) mass is 314 g/mol. The van der Waals surface area contributed by atoms with Crippen LogP contribution in [0.2, 0.25) is 5.02 Å². The van der Waals surface area contributed by atoms with Crippen molar-refractivity contribution in [3.05, 3.63) is 76.9 Å². The molecule has 0 spiro atoms. The molecule has 0 unspecified atom stereocenters. The van der Waals surface area contributed by atoms with Crippen LogP contribution in [0, 0.1) is 0 Å². The maximum atomic E-state index is 11.6. The van der Waals surface area contributed by atoms with Gasteiger partial charge in [0.2, 0.25) is 0 Å². The Morgan fingerprint density at radius 1 is 1.05 bits per heavy atom. The smallest absolute Gasteiger partial charge is 0.318 e. The average Bonchev–Trinajstić information content (AvgIpc) is 2.54. The first-order valence-corrected chi connectivity index (χ1v) is 7.62. The average molecular weight is 315 g/mol. The van der Waals surface area contributed by atoms with Gasteiger partial charge in [0.1, 0.15) is 0 Å². The van der Waals surface area contributed by atoms with E-state index in [2.05, 4.69) is 22.8 Å². The second-order valence-corrected chi connectivity index (χ2v) is 5.31. The summed E-state index contributed by atoms with van der Waals surface area (Å²) in [7, 11) is 0. The standard InChI is InChI=1S/C18H19ClN2O/c19-17-10-8-16(9-11-17)12-14-21-18(22)20-13-4-7-15-5-2-1-3-6-15/h1-3,5-6,8-12,14H,4,7,13H2,(H2,20,21,22)/b14-12+. The van der Waals surface area contributed by atoms with Crippen molar-refractivity contribution < 1.29 is 4.79 Å². The van der Waals surface area contributed by atoms with E-state index in [1.54, 1.807) is 6.20 Å². The third-order valence-corrected chi connectivity index (χ3v) is 3.38. The zero-order chi connectivity index (χ0) is 15.6. The zero-order valence-corrected chi connectivity index (χ0v) is 13.0. The van der Waals surface area contributed by atoms with Crippen LogP contribution in [0.5, 0.6) is 0 Å². The second kappa shape index (κ2) is 8.90. The summed E-state index contributed by atoms with van der Waals surface area (Å²) in [6.45, 7) is 0.648. The molecule has 2 aromatic rings. The summed E-state index contributed by atoms with van der Waals surface area (Å²) in [4.78, 5) is 11.6. The number of nitrogens with one attached hydrogen (secondary N) is 2. The van der Waals surface area contributed by atoms with Gasteiger partial charge in [-0.2, -0.15) is 0 Å². The minimum atomic E-state index is -0.196. The lowest BCUT2D eigenvalue weighted by atomic mass is 10.1. The molecule has 0 heterocycles. The molecule has 22 heavy (non-hydrogen) atoms. The highest BCUT2D eigenvalue weighted by Crippen LogP contribution is 2.10. The fraction of sp³-hybridized carbons (Fsp3) is 0.167. The van der Waals surface area contributed by atoms with Gasteiger partial charge in [-0.1, -0.05) is 54.1 Å². The highest BCUT2D eigenvalue weighted by molar-refractivity contribution is 6.30. The number of benzene rings is 2. The summed E-state index contributed by atoms with van der Waals surface area (Å²) < 4.78 is 0. The number of halogens is 1. The van der Waals surface area contributed by atoms with Gasteiger partial charge >= 0.3 is 6.03 Å². The molecular formula is C18H19ClN2O. The maximum Gasteiger partial charge on any atom is 0.318 e. The SMILES string of the molecule is O=C(N/C=C/c1ccc(Cl)cc1)NCCCc1ccccc1. The molecule has 0 aliphatic heterocycles. The van der Waals surface area contributed by atoms with Crippen LogP contribution in [0.25, 0.3) is 6.08 Å². The fourth-order valence-corrected chi connectivity index (χ4v) is 2.10. The summed E-state index contributed by atoms with van der Waals surface area (Å²) in [5.41, 5.74) is 2.26. The first-order chi connectivity index (χ1) is 10.7. The van der Waals surface area contributed by atoms with Crippen molar-refractivity contribution in [2.24, 2.45) is 0 Å². The van der Waals surface area contributed by atoms with Gasteiger partial charge in [0.15, 0.2) is 0 Å². The Bertz CT molecular complexity index is 609. The number of hydrogen-bond acceptors (Lipinski definition) is 1. The second-order valence-electron chi connectivity index (χ2n) is 4.87. The van der Waals surface area contributed by atoms with E-state index in [-0.39, 0.29) is 6.03 Å². The highest BCUT2D eigenvalue weighted by Gasteiger charge is 1.97. The Balaban J connectivity index is 1.62. The van der Waals surface area contributed by atoms with Crippen LogP contribution in [-0.2, 0) is 6.42 Å². The molecule has 0 bridgehead atoms. The number of urea groups is 1. The van der Waals surface area contributed by atoms with Crippen LogP contribution in [0.1, 0.15) is 17.5 Å². The number of carbonyl (C=O) groups is 1. The van der Waals surface area contributed by atoms with E-state index in [1.165, 1.54) is 5.56 Å². The van der Waals surface area contributed by atoms with Crippen molar-refractivity contribution in [1.29, 1.82) is 0 Å². The largest absolute Gasteiger partial charge is 0.338 e. The van der Waals surface area contributed by atoms with Crippen LogP contribution in [-0.4, -0.2) is 12.6 Å². The Labute approximate surface area is 136 Å². The molecule has 4 heteroatoms. The number of rotatable bonds is 6. The Hall–Kier alpha value is -2.26. The van der Waals surface area contributed by atoms with E-state index in [0.717, 1.165) is 18.4 Å².